The molecule has 6 nitrogen and oxygen atoms in total. The molecule has 0 unspecified atom stereocenters. The molecule has 7 heteroatoms. The number of nitrogens with one attached hydrogen (secondary N) is 2. The van der Waals surface area contributed by atoms with Crippen LogP contribution in [0.3, 0.4) is 0 Å². The van der Waals surface area contributed by atoms with Crippen molar-refractivity contribution in [2.75, 3.05) is 44.2 Å². The van der Waals surface area contributed by atoms with Gasteiger partial charge in [0.05, 0.1) is 38.5 Å². The monoisotopic (exact) mass is 363 g/mol. The number of aryl methyl sites for hydroxylation is 1. The van der Waals surface area contributed by atoms with Crippen LogP contribution in [0, 0.1) is 6.92 Å². The predicted molar refractivity (Wildman–Crippen MR) is 98.7 cm³/mol. The second-order valence-corrected chi connectivity index (χ2v) is 6.91. The van der Waals surface area contributed by atoms with Gasteiger partial charge in [0, 0.05) is 17.0 Å². The van der Waals surface area contributed by atoms with Crippen LogP contribution in [0.15, 0.2) is 29.1 Å². The van der Waals surface area contributed by atoms with E-state index in [1.165, 1.54) is 4.90 Å². The molecular weight excluding hydrogens is 340 g/mol. The molecule has 1 aliphatic rings. The molecule has 0 spiro atoms. The molecule has 1 aliphatic heterocycles. The van der Waals surface area contributed by atoms with Crippen LogP contribution >= 0.6 is 11.6 Å². The summed E-state index contributed by atoms with van der Waals surface area (Å²) in [6, 6.07) is 7.54. The Morgan fingerprint density at radius 3 is 2.76 bits per heavy atom. The molecule has 3 rings (SSSR count). The SMILES string of the molecule is Cc1nc(N2CC[NH+](CCO)CC2)[nH]c(=O)c1Cc1cccc(Cl)c1. The van der Waals surface area contributed by atoms with Crippen molar-refractivity contribution >= 4 is 17.5 Å². The highest BCUT2D eigenvalue weighted by molar-refractivity contribution is 6.30. The maximum atomic E-state index is 12.6. The second-order valence-electron chi connectivity index (χ2n) is 6.47. The molecule has 0 bridgehead atoms. The van der Waals surface area contributed by atoms with E-state index in [1.807, 2.05) is 31.2 Å². The van der Waals surface area contributed by atoms with Crippen LogP contribution in [0.2, 0.25) is 5.02 Å². The van der Waals surface area contributed by atoms with E-state index in [1.54, 1.807) is 0 Å². The van der Waals surface area contributed by atoms with E-state index in [2.05, 4.69) is 14.9 Å². The third kappa shape index (κ3) is 4.39. The normalized spacial score (nSPS) is 15.6. The van der Waals surface area contributed by atoms with Gasteiger partial charge in [0.2, 0.25) is 5.95 Å². The number of aromatic amines is 1. The van der Waals surface area contributed by atoms with Gasteiger partial charge >= 0.3 is 0 Å². The topological polar surface area (TPSA) is 73.7 Å². The molecule has 3 N–H and O–H groups in total. The largest absolute Gasteiger partial charge is 0.391 e. The number of quaternary nitrogens is 1. The predicted octanol–water partition coefficient (Wildman–Crippen LogP) is 0.0197. The van der Waals surface area contributed by atoms with Gasteiger partial charge in [-0.2, -0.15) is 0 Å². The summed E-state index contributed by atoms with van der Waals surface area (Å²) in [7, 11) is 0. The molecular formula is C18H24ClN4O2+. The number of halogens is 1. The Kier molecular flexibility index (Phi) is 5.73. The first-order chi connectivity index (χ1) is 12.1. The molecule has 1 fully saturated rings. The molecule has 134 valence electrons. The van der Waals surface area contributed by atoms with E-state index in [-0.39, 0.29) is 12.2 Å². The van der Waals surface area contributed by atoms with Crippen LogP contribution in [0.25, 0.3) is 0 Å². The van der Waals surface area contributed by atoms with Crippen molar-refractivity contribution in [3.8, 4) is 0 Å². The van der Waals surface area contributed by atoms with E-state index in [0.717, 1.165) is 44.0 Å². The average Bonchev–Trinajstić information content (AvgIpc) is 2.59. The van der Waals surface area contributed by atoms with Gasteiger partial charge in [-0.15, -0.1) is 0 Å². The zero-order valence-corrected chi connectivity index (χ0v) is 15.1. The number of aliphatic hydroxyl groups excluding tert-OH is 1. The zero-order valence-electron chi connectivity index (χ0n) is 14.4. The van der Waals surface area contributed by atoms with Crippen molar-refractivity contribution < 1.29 is 10.0 Å². The van der Waals surface area contributed by atoms with Gasteiger partial charge in [-0.25, -0.2) is 4.98 Å². The van der Waals surface area contributed by atoms with E-state index in [9.17, 15) is 4.79 Å². The van der Waals surface area contributed by atoms with Crippen LogP contribution in [0.4, 0.5) is 5.95 Å². The summed E-state index contributed by atoms with van der Waals surface area (Å²) in [5.41, 5.74) is 2.34. The number of aliphatic hydroxyl groups is 1. The Bertz CT molecular complexity index is 785. The van der Waals surface area contributed by atoms with E-state index < -0.39 is 0 Å². The number of H-pyrrole nitrogens is 1. The average molecular weight is 364 g/mol. The highest BCUT2D eigenvalue weighted by atomic mass is 35.5. The summed E-state index contributed by atoms with van der Waals surface area (Å²) in [6.07, 6.45) is 0.517. The van der Waals surface area contributed by atoms with Crippen molar-refractivity contribution in [1.29, 1.82) is 0 Å². The first-order valence-corrected chi connectivity index (χ1v) is 8.98. The zero-order chi connectivity index (χ0) is 17.8. The maximum Gasteiger partial charge on any atom is 0.256 e. The van der Waals surface area contributed by atoms with E-state index in [4.69, 9.17) is 16.7 Å². The molecule has 0 atom stereocenters. The molecule has 1 aromatic carbocycles. The minimum atomic E-state index is -0.0902. The molecule has 0 saturated carbocycles. The molecule has 2 aromatic rings. The van der Waals surface area contributed by atoms with Gasteiger partial charge in [0.15, 0.2) is 0 Å². The van der Waals surface area contributed by atoms with Crippen LogP contribution in [-0.2, 0) is 6.42 Å². The number of rotatable bonds is 5. The fraction of sp³-hybridized carbons (Fsp3) is 0.444. The van der Waals surface area contributed by atoms with Crippen LogP contribution in [0.1, 0.15) is 16.8 Å². The fourth-order valence-corrected chi connectivity index (χ4v) is 3.46. The number of piperazine rings is 1. The van der Waals surface area contributed by atoms with Gasteiger partial charge in [0.25, 0.3) is 5.56 Å². The standard InChI is InChI=1S/C18H23ClN4O2/c1-13-16(12-14-3-2-4-15(19)11-14)17(25)21-18(20-13)23-7-5-22(6-8-23)9-10-24/h2-4,11,24H,5-10,12H2,1H3,(H,20,21,25)/p+1. The lowest BCUT2D eigenvalue weighted by Gasteiger charge is -2.32. The van der Waals surface area contributed by atoms with E-state index in [0.29, 0.717) is 23.0 Å². The summed E-state index contributed by atoms with van der Waals surface area (Å²) in [5, 5.41) is 9.71. The lowest BCUT2D eigenvalue weighted by molar-refractivity contribution is -0.900. The lowest BCUT2D eigenvalue weighted by Crippen LogP contribution is -3.15. The van der Waals surface area contributed by atoms with Gasteiger partial charge in [0.1, 0.15) is 6.54 Å². The smallest absolute Gasteiger partial charge is 0.256 e. The summed E-state index contributed by atoms with van der Waals surface area (Å²) < 4.78 is 0. The number of aromatic nitrogens is 2. The molecule has 2 heterocycles. The third-order valence-electron chi connectivity index (χ3n) is 4.72. The fourth-order valence-electron chi connectivity index (χ4n) is 3.25. The third-order valence-corrected chi connectivity index (χ3v) is 4.95. The number of hydrogen-bond acceptors (Lipinski definition) is 4. The first-order valence-electron chi connectivity index (χ1n) is 8.60. The van der Waals surface area contributed by atoms with Gasteiger partial charge in [-0.3, -0.25) is 9.78 Å². The summed E-state index contributed by atoms with van der Waals surface area (Å²) in [6.45, 7) is 6.39. The summed E-state index contributed by atoms with van der Waals surface area (Å²) in [4.78, 5) is 23.6. The molecule has 25 heavy (non-hydrogen) atoms. The van der Waals surface area contributed by atoms with Crippen molar-refractivity contribution in [3.05, 3.63) is 56.5 Å². The van der Waals surface area contributed by atoms with Crippen molar-refractivity contribution in [1.82, 2.24) is 9.97 Å². The minimum Gasteiger partial charge on any atom is -0.391 e. The lowest BCUT2D eigenvalue weighted by atomic mass is 10.1. The Hall–Kier alpha value is -1.89. The van der Waals surface area contributed by atoms with Crippen molar-refractivity contribution in [2.45, 2.75) is 13.3 Å². The van der Waals surface area contributed by atoms with Gasteiger partial charge in [-0.1, -0.05) is 23.7 Å². The van der Waals surface area contributed by atoms with Gasteiger partial charge in [-0.05, 0) is 24.6 Å². The van der Waals surface area contributed by atoms with Gasteiger partial charge < -0.3 is 14.9 Å². The second kappa shape index (κ2) is 7.99. The number of hydrogen-bond donors (Lipinski definition) is 3. The highest BCUT2D eigenvalue weighted by Gasteiger charge is 2.22. The number of anilines is 1. The molecule has 1 aromatic heterocycles. The highest BCUT2D eigenvalue weighted by Crippen LogP contribution is 2.15. The van der Waals surface area contributed by atoms with Crippen LogP contribution < -0.4 is 15.4 Å². The quantitative estimate of drug-likeness (QED) is 0.700. The summed E-state index contributed by atoms with van der Waals surface area (Å²) >= 11 is 6.03. The number of benzene rings is 1. The Morgan fingerprint density at radius 1 is 1.36 bits per heavy atom. The van der Waals surface area contributed by atoms with Crippen LogP contribution in [-0.4, -0.2) is 54.4 Å². The molecule has 1 saturated heterocycles. The van der Waals surface area contributed by atoms with Crippen molar-refractivity contribution in [3.63, 3.8) is 0 Å². The molecule has 0 aliphatic carbocycles. The Morgan fingerprint density at radius 2 is 2.12 bits per heavy atom. The Labute approximate surface area is 152 Å². The van der Waals surface area contributed by atoms with Crippen LogP contribution in [0.5, 0.6) is 0 Å². The number of nitrogens with zero attached hydrogens (tertiary/aromatic N) is 2. The summed E-state index contributed by atoms with van der Waals surface area (Å²) in [5.74, 6) is 0.639. The minimum absolute atomic E-state index is 0.0902. The molecule has 0 amide bonds. The Balaban J connectivity index is 1.76. The van der Waals surface area contributed by atoms with E-state index >= 15 is 0 Å². The van der Waals surface area contributed by atoms with Crippen molar-refractivity contribution in [2.24, 2.45) is 0 Å². The maximum absolute atomic E-state index is 12.6. The first kappa shape index (κ1) is 17.9. The molecule has 0 radical (unpaired) electrons.